The van der Waals surface area contributed by atoms with Crippen molar-refractivity contribution in [2.45, 2.75) is 39.5 Å². The SMILES string of the molecule is CCC1(CNC(=O)c2cc(Br)cc(N)c2C)CCC1. The summed E-state index contributed by atoms with van der Waals surface area (Å²) in [4.78, 5) is 12.3. The summed E-state index contributed by atoms with van der Waals surface area (Å²) in [5.74, 6) is -0.0229. The lowest BCUT2D eigenvalue weighted by Gasteiger charge is -2.41. The van der Waals surface area contributed by atoms with E-state index in [1.165, 1.54) is 19.3 Å². The van der Waals surface area contributed by atoms with E-state index in [0.29, 0.717) is 16.7 Å². The first-order valence-corrected chi connectivity index (χ1v) is 7.60. The van der Waals surface area contributed by atoms with Gasteiger partial charge in [-0.25, -0.2) is 0 Å². The van der Waals surface area contributed by atoms with Crippen LogP contribution in [-0.4, -0.2) is 12.5 Å². The van der Waals surface area contributed by atoms with Gasteiger partial charge in [-0.15, -0.1) is 0 Å². The van der Waals surface area contributed by atoms with Crippen molar-refractivity contribution >= 4 is 27.5 Å². The van der Waals surface area contributed by atoms with Crippen LogP contribution in [0.15, 0.2) is 16.6 Å². The van der Waals surface area contributed by atoms with Gasteiger partial charge in [0.25, 0.3) is 5.91 Å². The van der Waals surface area contributed by atoms with Crippen LogP contribution in [0.1, 0.15) is 48.5 Å². The van der Waals surface area contributed by atoms with E-state index in [1.807, 2.05) is 19.1 Å². The molecule has 0 spiro atoms. The number of benzene rings is 1. The monoisotopic (exact) mass is 324 g/mol. The molecule has 1 aromatic carbocycles. The van der Waals surface area contributed by atoms with Gasteiger partial charge in [0, 0.05) is 22.3 Å². The molecule has 3 nitrogen and oxygen atoms in total. The fourth-order valence-electron chi connectivity index (χ4n) is 2.63. The summed E-state index contributed by atoms with van der Waals surface area (Å²) in [5, 5.41) is 3.07. The van der Waals surface area contributed by atoms with E-state index in [4.69, 9.17) is 5.73 Å². The molecule has 0 atom stereocenters. The first kappa shape index (κ1) is 14.4. The van der Waals surface area contributed by atoms with Gasteiger partial charge in [0.1, 0.15) is 0 Å². The number of nitrogens with two attached hydrogens (primary N) is 1. The van der Waals surface area contributed by atoms with Gasteiger partial charge in [-0.05, 0) is 49.3 Å². The number of amides is 1. The van der Waals surface area contributed by atoms with Crippen molar-refractivity contribution in [3.63, 3.8) is 0 Å². The van der Waals surface area contributed by atoms with Gasteiger partial charge in [0.15, 0.2) is 0 Å². The van der Waals surface area contributed by atoms with Crippen molar-refractivity contribution in [1.82, 2.24) is 5.32 Å². The lowest BCUT2D eigenvalue weighted by molar-refractivity contribution is 0.0849. The molecule has 0 unspecified atom stereocenters. The van der Waals surface area contributed by atoms with Crippen LogP contribution in [0, 0.1) is 12.3 Å². The molecular formula is C15H21BrN2O. The molecule has 1 amide bonds. The van der Waals surface area contributed by atoms with Crippen LogP contribution in [0.4, 0.5) is 5.69 Å². The maximum absolute atomic E-state index is 12.3. The Bertz CT molecular complexity index is 490. The van der Waals surface area contributed by atoms with Gasteiger partial charge in [0.05, 0.1) is 0 Å². The second kappa shape index (κ2) is 5.53. The average Bonchev–Trinajstić information content (AvgIpc) is 2.32. The molecule has 0 saturated heterocycles. The number of nitrogen functional groups attached to an aromatic ring is 1. The Kier molecular flexibility index (Phi) is 4.19. The molecule has 0 radical (unpaired) electrons. The molecule has 19 heavy (non-hydrogen) atoms. The summed E-state index contributed by atoms with van der Waals surface area (Å²) in [7, 11) is 0. The van der Waals surface area contributed by atoms with Gasteiger partial charge in [-0.2, -0.15) is 0 Å². The summed E-state index contributed by atoms with van der Waals surface area (Å²) < 4.78 is 0.842. The largest absolute Gasteiger partial charge is 0.398 e. The minimum Gasteiger partial charge on any atom is -0.398 e. The Balaban J connectivity index is 2.08. The molecule has 0 aliphatic heterocycles. The molecule has 3 N–H and O–H groups in total. The molecule has 1 aromatic rings. The van der Waals surface area contributed by atoms with E-state index >= 15 is 0 Å². The lowest BCUT2D eigenvalue weighted by Crippen LogP contribution is -2.41. The van der Waals surface area contributed by atoms with Crippen LogP contribution in [0.5, 0.6) is 0 Å². The smallest absolute Gasteiger partial charge is 0.251 e. The van der Waals surface area contributed by atoms with Crippen molar-refractivity contribution in [3.05, 3.63) is 27.7 Å². The first-order chi connectivity index (χ1) is 8.97. The molecule has 1 aliphatic rings. The van der Waals surface area contributed by atoms with Gasteiger partial charge in [-0.1, -0.05) is 29.3 Å². The van der Waals surface area contributed by atoms with Crippen LogP contribution in [0.2, 0.25) is 0 Å². The topological polar surface area (TPSA) is 55.1 Å². The maximum atomic E-state index is 12.3. The quantitative estimate of drug-likeness (QED) is 0.830. The number of anilines is 1. The fourth-order valence-corrected chi connectivity index (χ4v) is 3.11. The third-order valence-corrected chi connectivity index (χ3v) is 4.90. The molecule has 1 fully saturated rings. The number of carbonyl (C=O) groups excluding carboxylic acids is 1. The number of carbonyl (C=O) groups is 1. The zero-order valence-corrected chi connectivity index (χ0v) is 13.1. The minimum absolute atomic E-state index is 0.0229. The molecule has 0 bridgehead atoms. The summed E-state index contributed by atoms with van der Waals surface area (Å²) in [6, 6.07) is 3.66. The average molecular weight is 325 g/mol. The second-order valence-electron chi connectivity index (χ2n) is 5.56. The molecule has 4 heteroatoms. The number of hydrogen-bond acceptors (Lipinski definition) is 2. The summed E-state index contributed by atoms with van der Waals surface area (Å²) in [6.07, 6.45) is 4.87. The van der Waals surface area contributed by atoms with Gasteiger partial charge in [0.2, 0.25) is 0 Å². The highest BCUT2D eigenvalue weighted by molar-refractivity contribution is 9.10. The van der Waals surface area contributed by atoms with E-state index in [0.717, 1.165) is 23.0 Å². The van der Waals surface area contributed by atoms with Crippen LogP contribution < -0.4 is 11.1 Å². The number of hydrogen-bond donors (Lipinski definition) is 2. The predicted molar refractivity (Wildman–Crippen MR) is 82.2 cm³/mol. The van der Waals surface area contributed by atoms with Crippen molar-refractivity contribution in [2.75, 3.05) is 12.3 Å². The van der Waals surface area contributed by atoms with Crippen molar-refractivity contribution in [2.24, 2.45) is 5.41 Å². The van der Waals surface area contributed by atoms with Crippen LogP contribution >= 0.6 is 15.9 Å². The van der Waals surface area contributed by atoms with E-state index in [-0.39, 0.29) is 5.91 Å². The Morgan fingerprint density at radius 2 is 2.16 bits per heavy atom. The molecular weight excluding hydrogens is 304 g/mol. The molecule has 0 aromatic heterocycles. The molecule has 104 valence electrons. The van der Waals surface area contributed by atoms with E-state index in [9.17, 15) is 4.79 Å². The van der Waals surface area contributed by atoms with Gasteiger partial charge < -0.3 is 11.1 Å². The Morgan fingerprint density at radius 3 is 2.68 bits per heavy atom. The van der Waals surface area contributed by atoms with E-state index in [2.05, 4.69) is 28.2 Å². The van der Waals surface area contributed by atoms with Crippen LogP contribution in [0.25, 0.3) is 0 Å². The Hall–Kier alpha value is -1.03. The normalized spacial score (nSPS) is 16.8. The number of halogens is 1. The van der Waals surface area contributed by atoms with Crippen LogP contribution in [0.3, 0.4) is 0 Å². The number of nitrogens with one attached hydrogen (secondary N) is 1. The zero-order valence-electron chi connectivity index (χ0n) is 11.6. The summed E-state index contributed by atoms with van der Waals surface area (Å²) in [6.45, 7) is 4.86. The second-order valence-corrected chi connectivity index (χ2v) is 6.47. The summed E-state index contributed by atoms with van der Waals surface area (Å²) in [5.41, 5.74) is 8.39. The third-order valence-electron chi connectivity index (χ3n) is 4.45. The Morgan fingerprint density at radius 1 is 1.47 bits per heavy atom. The van der Waals surface area contributed by atoms with E-state index in [1.54, 1.807) is 0 Å². The van der Waals surface area contributed by atoms with E-state index < -0.39 is 0 Å². The maximum Gasteiger partial charge on any atom is 0.251 e. The molecule has 0 heterocycles. The summed E-state index contributed by atoms with van der Waals surface area (Å²) >= 11 is 3.38. The fraction of sp³-hybridized carbons (Fsp3) is 0.533. The highest BCUT2D eigenvalue weighted by atomic mass is 79.9. The van der Waals surface area contributed by atoms with Crippen molar-refractivity contribution < 1.29 is 4.79 Å². The number of rotatable bonds is 4. The van der Waals surface area contributed by atoms with Gasteiger partial charge >= 0.3 is 0 Å². The predicted octanol–water partition coefficient (Wildman–Crippen LogP) is 3.65. The van der Waals surface area contributed by atoms with Crippen LogP contribution in [-0.2, 0) is 0 Å². The van der Waals surface area contributed by atoms with Gasteiger partial charge in [-0.3, -0.25) is 4.79 Å². The lowest BCUT2D eigenvalue weighted by atomic mass is 9.67. The standard InChI is InChI=1S/C15H21BrN2O/c1-3-15(5-4-6-15)9-18-14(19)12-7-11(16)8-13(17)10(12)2/h7-8H,3-6,9,17H2,1-2H3,(H,18,19). The Labute approximate surface area is 123 Å². The zero-order chi connectivity index (χ0) is 14.0. The highest BCUT2D eigenvalue weighted by Crippen LogP contribution is 2.43. The highest BCUT2D eigenvalue weighted by Gasteiger charge is 2.35. The third kappa shape index (κ3) is 2.94. The molecule has 1 saturated carbocycles. The minimum atomic E-state index is -0.0229. The molecule has 1 aliphatic carbocycles. The van der Waals surface area contributed by atoms with Crippen molar-refractivity contribution in [1.29, 1.82) is 0 Å². The first-order valence-electron chi connectivity index (χ1n) is 6.81. The van der Waals surface area contributed by atoms with Crippen molar-refractivity contribution in [3.8, 4) is 0 Å². The molecule has 2 rings (SSSR count).